The molecule has 0 fully saturated rings. The normalized spacial score (nSPS) is 13.1. The van der Waals surface area contributed by atoms with Crippen LogP contribution >= 0.6 is 0 Å². The van der Waals surface area contributed by atoms with Gasteiger partial charge >= 0.3 is 0 Å². The third kappa shape index (κ3) is 4.30. The molecule has 2 heterocycles. The Bertz CT molecular complexity index is 3000. The minimum absolute atomic E-state index is 0.972. The topological polar surface area (TPSA) is 9.86 Å². The van der Waals surface area contributed by atoms with Crippen LogP contribution in [0.15, 0.2) is 170 Å². The second-order valence-corrected chi connectivity index (χ2v) is 20.4. The molecule has 2 aromatic heterocycles. The number of para-hydroxylation sites is 4. The SMILES string of the molecule is C[Si](C)(c1cccc2c1Cc1cc3c(cc1-2)c1ccccc1n3-c1ccccc1)c1cccc2c1Cc1cc3c(cc1-2)c1ccccc1n3-c1ccccc1. The van der Waals surface area contributed by atoms with Gasteiger partial charge in [-0.3, -0.25) is 0 Å². The molecule has 0 bridgehead atoms. The molecule has 8 aromatic carbocycles. The van der Waals surface area contributed by atoms with Gasteiger partial charge in [-0.25, -0.2) is 0 Å². The second kappa shape index (κ2) is 11.3. The number of fused-ring (bicyclic) bond motifs is 12. The van der Waals surface area contributed by atoms with Crippen LogP contribution in [0.1, 0.15) is 22.3 Å². The number of hydrogen-bond donors (Lipinski definition) is 0. The van der Waals surface area contributed by atoms with Crippen molar-refractivity contribution < 1.29 is 0 Å². The first-order valence-corrected chi connectivity index (χ1v) is 22.5. The molecule has 260 valence electrons. The van der Waals surface area contributed by atoms with Crippen molar-refractivity contribution in [2.24, 2.45) is 0 Å². The zero-order valence-electron chi connectivity index (χ0n) is 31.0. The van der Waals surface area contributed by atoms with E-state index in [1.165, 1.54) is 99.5 Å². The molecule has 0 aliphatic heterocycles. The molecule has 2 aliphatic rings. The summed E-state index contributed by atoms with van der Waals surface area (Å²) in [4.78, 5) is 0. The third-order valence-corrected chi connectivity index (χ3v) is 16.5. The largest absolute Gasteiger partial charge is 0.309 e. The Balaban J connectivity index is 0.990. The summed E-state index contributed by atoms with van der Waals surface area (Å²) in [6, 6.07) is 63.7. The van der Waals surface area contributed by atoms with Crippen LogP contribution in [-0.2, 0) is 12.8 Å². The highest BCUT2D eigenvalue weighted by Gasteiger charge is 2.36. The minimum atomic E-state index is -2.16. The average Bonchev–Trinajstić information content (AvgIpc) is 3.96. The monoisotopic (exact) mass is 718 g/mol. The summed E-state index contributed by atoms with van der Waals surface area (Å²) < 4.78 is 4.90. The molecule has 3 heteroatoms. The highest BCUT2D eigenvalue weighted by molar-refractivity contribution is 7.01. The van der Waals surface area contributed by atoms with Crippen molar-refractivity contribution in [1.82, 2.24) is 9.13 Å². The van der Waals surface area contributed by atoms with Crippen LogP contribution in [0.4, 0.5) is 0 Å². The predicted octanol–water partition coefficient (Wildman–Crippen LogP) is 11.8. The Morgan fingerprint density at radius 3 is 1.24 bits per heavy atom. The quantitative estimate of drug-likeness (QED) is 0.160. The van der Waals surface area contributed by atoms with E-state index in [-0.39, 0.29) is 0 Å². The van der Waals surface area contributed by atoms with Crippen molar-refractivity contribution in [3.8, 4) is 33.6 Å². The summed E-state index contributed by atoms with van der Waals surface area (Å²) >= 11 is 0. The van der Waals surface area contributed by atoms with Gasteiger partial charge in [-0.05, 0) is 118 Å². The number of benzene rings is 8. The van der Waals surface area contributed by atoms with Crippen molar-refractivity contribution in [2.75, 3.05) is 0 Å². The van der Waals surface area contributed by atoms with Gasteiger partial charge in [0.15, 0.2) is 0 Å². The van der Waals surface area contributed by atoms with E-state index < -0.39 is 8.07 Å². The molecule has 12 rings (SSSR count). The number of rotatable bonds is 4. The van der Waals surface area contributed by atoms with Crippen molar-refractivity contribution in [2.45, 2.75) is 25.9 Å². The lowest BCUT2D eigenvalue weighted by Gasteiger charge is -2.29. The van der Waals surface area contributed by atoms with Gasteiger partial charge in [-0.2, -0.15) is 0 Å². The van der Waals surface area contributed by atoms with Crippen molar-refractivity contribution >= 4 is 62.1 Å². The van der Waals surface area contributed by atoms with Gasteiger partial charge in [-0.1, -0.05) is 133 Å². The van der Waals surface area contributed by atoms with Gasteiger partial charge in [0.05, 0.1) is 22.1 Å². The van der Waals surface area contributed by atoms with Crippen LogP contribution in [0.3, 0.4) is 0 Å². The summed E-state index contributed by atoms with van der Waals surface area (Å²) in [5, 5.41) is 8.41. The summed E-state index contributed by atoms with van der Waals surface area (Å²) in [5.74, 6) is 0. The van der Waals surface area contributed by atoms with Gasteiger partial charge in [0.1, 0.15) is 8.07 Å². The van der Waals surface area contributed by atoms with E-state index in [2.05, 4.69) is 192 Å². The summed E-state index contributed by atoms with van der Waals surface area (Å²) in [6.07, 6.45) is 1.94. The fourth-order valence-corrected chi connectivity index (χ4v) is 13.6. The number of nitrogens with zero attached hydrogens (tertiary/aromatic N) is 2. The lowest BCUT2D eigenvalue weighted by atomic mass is 10.0. The van der Waals surface area contributed by atoms with Gasteiger partial charge in [-0.15, -0.1) is 0 Å². The van der Waals surface area contributed by atoms with Crippen LogP contribution < -0.4 is 10.4 Å². The molecule has 0 radical (unpaired) electrons. The highest BCUT2D eigenvalue weighted by atomic mass is 28.3. The molecule has 55 heavy (non-hydrogen) atoms. The van der Waals surface area contributed by atoms with Gasteiger partial charge in [0, 0.05) is 32.9 Å². The first kappa shape index (κ1) is 31.0. The lowest BCUT2D eigenvalue weighted by molar-refractivity contribution is 1.17. The molecule has 0 saturated carbocycles. The standard InChI is InChI=1S/C52H38N2Si/c1-55(2,51-25-13-21-37-41-31-43-39-19-9-11-23-47(39)53(35-15-5-3-6-16-35)49(43)29-33(41)27-45(37)51)52-26-14-22-38-42-32-44-40-20-10-12-24-48(40)54(36-17-7-4-8-18-36)50(44)30-34(42)28-46(38)52/h3-26,29-32H,27-28H2,1-2H3. The molecule has 0 atom stereocenters. The molecule has 2 nitrogen and oxygen atoms in total. The molecule has 0 spiro atoms. The molecule has 0 saturated heterocycles. The van der Waals surface area contributed by atoms with E-state index in [9.17, 15) is 0 Å². The second-order valence-electron chi connectivity index (χ2n) is 16.1. The molecule has 2 aliphatic carbocycles. The minimum Gasteiger partial charge on any atom is -0.309 e. The van der Waals surface area contributed by atoms with Crippen LogP contribution in [0.2, 0.25) is 13.1 Å². The molecule has 0 N–H and O–H groups in total. The first-order valence-electron chi connectivity index (χ1n) is 19.5. The Morgan fingerprint density at radius 1 is 0.364 bits per heavy atom. The number of aromatic nitrogens is 2. The van der Waals surface area contributed by atoms with Crippen LogP contribution in [-0.4, -0.2) is 17.2 Å². The lowest BCUT2D eigenvalue weighted by Crippen LogP contribution is -2.55. The fraction of sp³-hybridized carbons (Fsp3) is 0.0769. The first-order chi connectivity index (χ1) is 27.0. The van der Waals surface area contributed by atoms with Crippen molar-refractivity contribution in [3.63, 3.8) is 0 Å². The molecular weight excluding hydrogens is 681 g/mol. The smallest absolute Gasteiger partial charge is 0.113 e. The molecule has 0 amide bonds. The van der Waals surface area contributed by atoms with Crippen molar-refractivity contribution in [1.29, 1.82) is 0 Å². The van der Waals surface area contributed by atoms with Crippen molar-refractivity contribution in [3.05, 3.63) is 192 Å². The Labute approximate surface area is 321 Å². The van der Waals surface area contributed by atoms with Crippen LogP contribution in [0.5, 0.6) is 0 Å². The van der Waals surface area contributed by atoms with Gasteiger partial charge in [0.25, 0.3) is 0 Å². The summed E-state index contributed by atoms with van der Waals surface area (Å²) in [5.41, 5.74) is 19.1. The molecular formula is C52H38N2Si. The van der Waals surface area contributed by atoms with E-state index >= 15 is 0 Å². The van der Waals surface area contributed by atoms with Gasteiger partial charge < -0.3 is 9.13 Å². The van der Waals surface area contributed by atoms with E-state index in [4.69, 9.17) is 0 Å². The Kier molecular flexibility index (Phi) is 6.36. The summed E-state index contributed by atoms with van der Waals surface area (Å²) in [7, 11) is -2.16. The van der Waals surface area contributed by atoms with E-state index in [1.807, 2.05) is 0 Å². The maximum Gasteiger partial charge on any atom is 0.113 e. The maximum absolute atomic E-state index is 2.59. The average molecular weight is 719 g/mol. The van der Waals surface area contributed by atoms with Crippen LogP contribution in [0, 0.1) is 0 Å². The highest BCUT2D eigenvalue weighted by Crippen LogP contribution is 2.45. The van der Waals surface area contributed by atoms with Gasteiger partial charge in [0.2, 0.25) is 0 Å². The Morgan fingerprint density at radius 2 is 0.782 bits per heavy atom. The fourth-order valence-electron chi connectivity index (χ4n) is 10.4. The maximum atomic E-state index is 2.59. The molecule has 10 aromatic rings. The van der Waals surface area contributed by atoms with Crippen LogP contribution in [0.25, 0.3) is 77.2 Å². The predicted molar refractivity (Wildman–Crippen MR) is 235 cm³/mol. The summed E-state index contributed by atoms with van der Waals surface area (Å²) in [6.45, 7) is 5.18. The molecule has 0 unspecified atom stereocenters. The third-order valence-electron chi connectivity index (χ3n) is 12.8. The Hall–Kier alpha value is -6.42. The van der Waals surface area contributed by atoms with E-state index in [0.717, 1.165) is 12.8 Å². The zero-order chi connectivity index (χ0) is 36.4. The van der Waals surface area contributed by atoms with E-state index in [0.29, 0.717) is 0 Å². The van der Waals surface area contributed by atoms with E-state index in [1.54, 1.807) is 10.4 Å². The zero-order valence-corrected chi connectivity index (χ0v) is 32.0. The number of hydrogen-bond acceptors (Lipinski definition) is 0.